The van der Waals surface area contributed by atoms with Crippen LogP contribution in [-0.2, 0) is 38.4 Å². The Bertz CT molecular complexity index is 5480. The Labute approximate surface area is 740 Å². The third-order valence-electron chi connectivity index (χ3n) is 22.2. The molecule has 4 aliphatic heterocycles. The van der Waals surface area contributed by atoms with Gasteiger partial charge in [-0.15, -0.1) is 0 Å². The number of hydrogen-bond acceptors (Lipinski definition) is 21. The van der Waals surface area contributed by atoms with Gasteiger partial charge in [-0.1, -0.05) is 125 Å². The maximum Gasteiger partial charge on any atom is 0.394 e. The molecule has 0 unspecified atom stereocenters. The zero-order chi connectivity index (χ0) is 91.8. The van der Waals surface area contributed by atoms with Crippen LogP contribution in [0.3, 0.4) is 0 Å². The van der Waals surface area contributed by atoms with Crippen LogP contribution < -0.4 is 49.5 Å². The van der Waals surface area contributed by atoms with Crippen LogP contribution in [0.2, 0.25) is 0 Å². The number of nitrogens with zero attached hydrogens (tertiary/aromatic N) is 11. The first kappa shape index (κ1) is 92.1. The normalized spacial score (nSPS) is 18.0. The number of carbonyl (C=O) groups is 12. The molecule has 4 fully saturated rings. The molecule has 37 nitrogen and oxygen atoms in total. The van der Waals surface area contributed by atoms with Crippen LogP contribution >= 0.6 is 0 Å². The Hall–Kier alpha value is -16.1. The van der Waals surface area contributed by atoms with Crippen molar-refractivity contribution in [3.05, 3.63) is 264 Å². The summed E-state index contributed by atoms with van der Waals surface area (Å²) in [5.41, 5.74) is 34.4. The number of rotatable bonds is 16. The summed E-state index contributed by atoms with van der Waals surface area (Å²) < 4.78 is 0. The monoisotopic (exact) mass is 1750 g/mol. The fraction of sp³-hybridized carbons (Fsp3) is 0.261. The lowest BCUT2D eigenvalue weighted by Crippen LogP contribution is -2.46. The van der Waals surface area contributed by atoms with Gasteiger partial charge in [0, 0.05) is 75.3 Å². The molecule has 0 spiro atoms. The van der Waals surface area contributed by atoms with Crippen LogP contribution in [0.4, 0.5) is 22.7 Å². The first-order chi connectivity index (χ1) is 62.1. The lowest BCUT2D eigenvalue weighted by Gasteiger charge is -2.38. The largest absolute Gasteiger partial charge is 0.474 e. The number of pyridine rings is 4. The standard InChI is InChI=1S/3C23H24N6O3.C15H19N3.C8H7N3O4/c3*1-14-2-7-20(16-5-3-15(4-6-16)19-8-9-26-28-19)29(13-14)23(32)22(31)27-18-10-17(21(24)30)11-25-12-18;1-11-2-7-14(16-10-11)12-3-5-13(6-4-12)15-8-9-17-18-15;9-6(12)4-1-5(3-10-2-4)11-7(13)8(14)15/h3*3-6,8-12,14,20H,2,7,13H2,1H3,(H2,24,30)(H,26,28)(H,27,31);3-6,8-9,11,14,16H,2,7,10H2,1H3,(H,17,18);1-3H,(H2,9,12)(H,11,13)(H,14,15)/t3*14-,20+;11-,14+;/m1101./s1. The number of anilines is 4. The molecular weight excluding hydrogens is 1650 g/mol. The molecule has 4 aliphatic rings. The molecule has 664 valence electrons. The molecule has 11 amide bonds. The van der Waals surface area contributed by atoms with E-state index in [-0.39, 0.29) is 80.9 Å². The lowest BCUT2D eigenvalue weighted by atomic mass is 9.89. The predicted octanol–water partition coefficient (Wildman–Crippen LogP) is 9.87. The number of H-pyrrole nitrogens is 4. The zero-order valence-corrected chi connectivity index (χ0v) is 71.0. The number of hydrogen-bond donors (Lipinski definition) is 14. The van der Waals surface area contributed by atoms with Crippen molar-refractivity contribution in [3.8, 4) is 45.0 Å². The van der Waals surface area contributed by atoms with Crippen molar-refractivity contribution < 1.29 is 62.6 Å². The summed E-state index contributed by atoms with van der Waals surface area (Å²) in [5, 5.41) is 49.2. The van der Waals surface area contributed by atoms with Crippen molar-refractivity contribution in [2.75, 3.05) is 47.4 Å². The van der Waals surface area contributed by atoms with E-state index in [0.717, 1.165) is 107 Å². The van der Waals surface area contributed by atoms with Crippen LogP contribution in [0.25, 0.3) is 45.0 Å². The van der Waals surface area contributed by atoms with Gasteiger partial charge in [-0.2, -0.15) is 20.4 Å². The molecule has 8 atom stereocenters. The van der Waals surface area contributed by atoms with E-state index in [1.165, 1.54) is 97.8 Å². The highest BCUT2D eigenvalue weighted by Crippen LogP contribution is 2.39. The highest BCUT2D eigenvalue weighted by atomic mass is 16.4. The first-order valence-electron chi connectivity index (χ1n) is 41.6. The number of carboxylic acid groups (broad SMARTS) is 1. The van der Waals surface area contributed by atoms with Crippen LogP contribution in [0, 0.1) is 23.7 Å². The van der Waals surface area contributed by atoms with E-state index in [0.29, 0.717) is 25.7 Å². The minimum atomic E-state index is -1.63. The molecule has 12 heterocycles. The summed E-state index contributed by atoms with van der Waals surface area (Å²) in [6.07, 6.45) is 25.0. The molecule has 12 aromatic rings. The Balaban J connectivity index is 0.000000150. The van der Waals surface area contributed by atoms with E-state index in [4.69, 9.17) is 28.0 Å². The van der Waals surface area contributed by atoms with Crippen molar-refractivity contribution in [1.29, 1.82) is 0 Å². The molecule has 0 bridgehead atoms. The number of aromatic nitrogens is 12. The van der Waals surface area contributed by atoms with E-state index in [9.17, 15) is 57.5 Å². The summed E-state index contributed by atoms with van der Waals surface area (Å²) in [6, 6.07) is 45.5. The molecule has 0 radical (unpaired) electrons. The number of aromatic amines is 4. The minimum Gasteiger partial charge on any atom is -0.474 e. The number of nitrogens with two attached hydrogens (primary N) is 4. The van der Waals surface area contributed by atoms with E-state index >= 15 is 0 Å². The number of nitrogens with one attached hydrogen (secondary N) is 9. The van der Waals surface area contributed by atoms with Gasteiger partial charge in [0.15, 0.2) is 0 Å². The zero-order valence-electron chi connectivity index (χ0n) is 71.0. The third kappa shape index (κ3) is 24.9. The molecular formula is C92H98N24O13. The Morgan fingerprint density at radius 3 is 0.814 bits per heavy atom. The van der Waals surface area contributed by atoms with E-state index < -0.39 is 70.9 Å². The number of carboxylic acids is 1. The first-order valence-corrected chi connectivity index (χ1v) is 41.6. The van der Waals surface area contributed by atoms with Crippen molar-refractivity contribution in [2.45, 2.75) is 103 Å². The molecule has 8 aromatic heterocycles. The summed E-state index contributed by atoms with van der Waals surface area (Å²) in [7, 11) is 0. The highest BCUT2D eigenvalue weighted by molar-refractivity contribution is 6.41. The van der Waals surface area contributed by atoms with Crippen LogP contribution in [-0.4, -0.2) is 178 Å². The van der Waals surface area contributed by atoms with Crippen molar-refractivity contribution in [1.82, 2.24) is 80.7 Å². The van der Waals surface area contributed by atoms with Gasteiger partial charge >= 0.3 is 47.3 Å². The lowest BCUT2D eigenvalue weighted by molar-refractivity contribution is -0.147. The van der Waals surface area contributed by atoms with E-state index in [1.54, 1.807) is 39.5 Å². The number of primary amides is 4. The van der Waals surface area contributed by atoms with Crippen molar-refractivity contribution >= 4 is 93.7 Å². The molecule has 4 saturated heterocycles. The minimum absolute atomic E-state index is 0.0817. The number of benzene rings is 4. The van der Waals surface area contributed by atoms with Crippen LogP contribution in [0.15, 0.2) is 220 Å². The topological polar surface area (TPSA) is 565 Å². The van der Waals surface area contributed by atoms with E-state index in [2.05, 4.69) is 134 Å². The molecule has 0 aliphatic carbocycles. The SMILES string of the molecule is C[C@@H]1CC[C@@H](c2ccc(-c3ccn[nH]3)cc2)N(C(=O)C(=O)Nc2cncc(C(N)=O)c2)C1.C[C@@H]1CC[C@@H](c2ccc(-c3ccn[nH]3)cc2)N(C(=O)C(=O)Nc2cncc(C(N)=O)c2)C1.C[C@@H]1CC[C@@H](c2ccc(-c3ccn[nH]3)cc2)NC1.C[C@H]1CC[C@H](c2ccc(-c3ccn[nH]3)cc2)N(C(=O)C(=O)Nc2cncc(C(N)=O)c2)C1.NC(=O)c1cncc(NC(=O)C(=O)O)c1. The maximum absolute atomic E-state index is 13.1. The average Bonchev–Trinajstić information content (AvgIpc) is 1.20. The van der Waals surface area contributed by atoms with Crippen molar-refractivity contribution in [3.63, 3.8) is 0 Å². The number of carbonyl (C=O) groups excluding carboxylic acids is 11. The van der Waals surface area contributed by atoms with E-state index in [1.807, 2.05) is 102 Å². The van der Waals surface area contributed by atoms with Gasteiger partial charge in [-0.05, 0) is 175 Å². The summed E-state index contributed by atoms with van der Waals surface area (Å²) in [6.45, 7) is 11.1. The van der Waals surface area contributed by atoms with Gasteiger partial charge in [-0.25, -0.2) is 4.79 Å². The predicted molar refractivity (Wildman–Crippen MR) is 477 cm³/mol. The molecule has 4 aromatic carbocycles. The summed E-state index contributed by atoms with van der Waals surface area (Å²) in [5.74, 6) is -8.07. The second-order valence-corrected chi connectivity index (χ2v) is 31.9. The smallest absolute Gasteiger partial charge is 0.394 e. The Morgan fingerprint density at radius 2 is 0.581 bits per heavy atom. The molecule has 37 heteroatoms. The second-order valence-electron chi connectivity index (χ2n) is 31.9. The van der Waals surface area contributed by atoms with Crippen LogP contribution in [0.5, 0.6) is 0 Å². The number of piperidine rings is 4. The number of amides is 11. The van der Waals surface area contributed by atoms with Crippen LogP contribution in [0.1, 0.15) is 167 Å². The second kappa shape index (κ2) is 43.5. The highest BCUT2D eigenvalue weighted by Gasteiger charge is 2.38. The summed E-state index contributed by atoms with van der Waals surface area (Å²) >= 11 is 0. The van der Waals surface area contributed by atoms with Gasteiger partial charge in [0.2, 0.25) is 23.6 Å². The van der Waals surface area contributed by atoms with Gasteiger partial charge < -0.3 is 69.3 Å². The Kier molecular flexibility index (Phi) is 31.1. The summed E-state index contributed by atoms with van der Waals surface area (Å²) in [4.78, 5) is 163. The Morgan fingerprint density at radius 1 is 0.326 bits per heavy atom. The number of aliphatic carboxylic acids is 1. The van der Waals surface area contributed by atoms with Gasteiger partial charge in [0.05, 0.1) is 111 Å². The fourth-order valence-electron chi connectivity index (χ4n) is 15.4. The fourth-order valence-corrected chi connectivity index (χ4v) is 15.4. The molecule has 18 N–H and O–H groups in total. The molecule has 16 rings (SSSR count). The third-order valence-corrected chi connectivity index (χ3v) is 22.2. The quantitative estimate of drug-likeness (QED) is 0.0400. The van der Waals surface area contributed by atoms with Crippen molar-refractivity contribution in [2.24, 2.45) is 46.6 Å². The maximum atomic E-state index is 13.1. The van der Waals surface area contributed by atoms with Gasteiger partial charge in [0.25, 0.3) is 0 Å². The number of likely N-dealkylation sites (tertiary alicyclic amines) is 3. The van der Waals surface area contributed by atoms with Gasteiger partial charge in [0.1, 0.15) is 0 Å². The van der Waals surface area contributed by atoms with Gasteiger partial charge in [-0.3, -0.25) is 93.1 Å². The molecule has 129 heavy (non-hydrogen) atoms. The molecule has 0 saturated carbocycles. The average molecular weight is 1750 g/mol.